The van der Waals surface area contributed by atoms with Crippen LogP contribution in [0, 0.1) is 0 Å². The van der Waals surface area contributed by atoms with Crippen molar-refractivity contribution < 1.29 is 14.3 Å². The van der Waals surface area contributed by atoms with Gasteiger partial charge in [-0.15, -0.1) is 0 Å². The Bertz CT molecular complexity index is 634. The van der Waals surface area contributed by atoms with Crippen molar-refractivity contribution in [2.24, 2.45) is 0 Å². The predicted octanol–water partition coefficient (Wildman–Crippen LogP) is 0.967. The van der Waals surface area contributed by atoms with E-state index in [1.807, 2.05) is 6.92 Å². The lowest BCUT2D eigenvalue weighted by molar-refractivity contribution is -0.129. The van der Waals surface area contributed by atoms with Gasteiger partial charge in [0.2, 0.25) is 5.91 Å². The zero-order chi connectivity index (χ0) is 16.6. The molecule has 7 heteroatoms. The molecule has 1 aromatic rings. The van der Waals surface area contributed by atoms with Crippen LogP contribution in [0.2, 0.25) is 0 Å². The third-order valence-corrected chi connectivity index (χ3v) is 4.47. The van der Waals surface area contributed by atoms with Gasteiger partial charge in [0.25, 0.3) is 5.91 Å². The first-order chi connectivity index (χ1) is 11.0. The summed E-state index contributed by atoms with van der Waals surface area (Å²) in [6.07, 6.45) is 2.38. The fraction of sp³-hybridized carbons (Fsp3) is 0.562. The van der Waals surface area contributed by atoms with Crippen molar-refractivity contribution in [2.75, 3.05) is 32.1 Å². The number of hydrogen-bond acceptors (Lipinski definition) is 5. The standard InChI is InChI=1S/C16H22N4O3/c1-10-9-23-14-6-12(7-17-15(14)18-10)16(22)20-5-4-13(8-20)19(3)11(2)21/h6-7,10,13H,4-5,8-9H2,1-3H3,(H,17,18)/t10-,13+/m1/s1. The van der Waals surface area contributed by atoms with E-state index in [1.165, 1.54) is 0 Å². The zero-order valence-electron chi connectivity index (χ0n) is 13.7. The van der Waals surface area contributed by atoms with Gasteiger partial charge in [-0.1, -0.05) is 0 Å². The van der Waals surface area contributed by atoms with E-state index in [4.69, 9.17) is 4.74 Å². The Morgan fingerprint density at radius 1 is 1.48 bits per heavy atom. The van der Waals surface area contributed by atoms with E-state index in [9.17, 15) is 9.59 Å². The van der Waals surface area contributed by atoms with Crippen molar-refractivity contribution in [3.8, 4) is 5.75 Å². The van der Waals surface area contributed by atoms with Crippen molar-refractivity contribution in [2.45, 2.75) is 32.4 Å². The maximum atomic E-state index is 12.6. The number of hydrogen-bond donors (Lipinski definition) is 1. The largest absolute Gasteiger partial charge is 0.488 e. The maximum Gasteiger partial charge on any atom is 0.255 e. The fourth-order valence-electron chi connectivity index (χ4n) is 2.95. The highest BCUT2D eigenvalue weighted by Gasteiger charge is 2.31. The minimum absolute atomic E-state index is 0.0216. The number of likely N-dealkylation sites (tertiary alicyclic amines) is 1. The summed E-state index contributed by atoms with van der Waals surface area (Å²) >= 11 is 0. The molecule has 0 radical (unpaired) electrons. The van der Waals surface area contributed by atoms with Gasteiger partial charge in [-0.25, -0.2) is 4.98 Å². The van der Waals surface area contributed by atoms with Gasteiger partial charge < -0.3 is 19.9 Å². The van der Waals surface area contributed by atoms with Gasteiger partial charge in [0, 0.05) is 33.3 Å². The number of amides is 2. The van der Waals surface area contributed by atoms with E-state index in [0.29, 0.717) is 36.8 Å². The molecule has 124 valence electrons. The quantitative estimate of drug-likeness (QED) is 0.879. The number of rotatable bonds is 2. The van der Waals surface area contributed by atoms with E-state index in [0.717, 1.165) is 6.42 Å². The molecule has 2 aliphatic rings. The number of anilines is 1. The van der Waals surface area contributed by atoms with E-state index in [-0.39, 0.29) is 23.9 Å². The lowest BCUT2D eigenvalue weighted by atomic mass is 10.2. The number of ether oxygens (including phenoxy) is 1. The molecule has 7 nitrogen and oxygen atoms in total. The second-order valence-corrected chi connectivity index (χ2v) is 6.25. The highest BCUT2D eigenvalue weighted by molar-refractivity contribution is 5.95. The number of nitrogens with one attached hydrogen (secondary N) is 1. The summed E-state index contributed by atoms with van der Waals surface area (Å²) in [5.41, 5.74) is 0.520. The summed E-state index contributed by atoms with van der Waals surface area (Å²) in [7, 11) is 1.78. The second kappa shape index (κ2) is 6.06. The van der Waals surface area contributed by atoms with E-state index >= 15 is 0 Å². The molecular weight excluding hydrogens is 296 g/mol. The lowest BCUT2D eigenvalue weighted by Gasteiger charge is -2.25. The van der Waals surface area contributed by atoms with Crippen molar-refractivity contribution in [3.05, 3.63) is 17.8 Å². The number of carbonyl (C=O) groups is 2. The first-order valence-electron chi connectivity index (χ1n) is 7.87. The molecule has 1 fully saturated rings. The van der Waals surface area contributed by atoms with Gasteiger partial charge in [-0.05, 0) is 19.4 Å². The van der Waals surface area contributed by atoms with Crippen LogP contribution in [0.1, 0.15) is 30.6 Å². The van der Waals surface area contributed by atoms with Crippen molar-refractivity contribution in [3.63, 3.8) is 0 Å². The molecule has 1 aromatic heterocycles. The smallest absolute Gasteiger partial charge is 0.255 e. The van der Waals surface area contributed by atoms with Crippen molar-refractivity contribution in [1.29, 1.82) is 0 Å². The van der Waals surface area contributed by atoms with Crippen LogP contribution in [-0.2, 0) is 4.79 Å². The molecule has 23 heavy (non-hydrogen) atoms. The summed E-state index contributed by atoms with van der Waals surface area (Å²) in [5, 5.41) is 3.22. The number of likely N-dealkylation sites (N-methyl/N-ethyl adjacent to an activating group) is 1. The molecule has 1 N–H and O–H groups in total. The molecule has 0 unspecified atom stereocenters. The number of nitrogens with zero attached hydrogens (tertiary/aromatic N) is 3. The molecule has 0 bridgehead atoms. The lowest BCUT2D eigenvalue weighted by Crippen LogP contribution is -2.39. The van der Waals surface area contributed by atoms with Crippen LogP contribution < -0.4 is 10.1 Å². The first kappa shape index (κ1) is 15.6. The minimum atomic E-state index is -0.0676. The SMILES string of the molecule is CC(=O)N(C)[C@H]1CCN(C(=O)c2cnc3c(c2)OC[C@@H](C)N3)C1. The second-order valence-electron chi connectivity index (χ2n) is 6.25. The van der Waals surface area contributed by atoms with Gasteiger partial charge in [0.1, 0.15) is 6.61 Å². The number of fused-ring (bicyclic) bond motifs is 1. The van der Waals surface area contributed by atoms with Gasteiger partial charge in [-0.2, -0.15) is 0 Å². The van der Waals surface area contributed by atoms with Gasteiger partial charge in [-0.3, -0.25) is 9.59 Å². The molecule has 2 aliphatic heterocycles. The number of aromatic nitrogens is 1. The summed E-state index contributed by atoms with van der Waals surface area (Å²) in [4.78, 5) is 31.9. The summed E-state index contributed by atoms with van der Waals surface area (Å²) in [5.74, 6) is 1.25. The molecule has 2 amide bonds. The average molecular weight is 318 g/mol. The predicted molar refractivity (Wildman–Crippen MR) is 85.6 cm³/mol. The summed E-state index contributed by atoms with van der Waals surface area (Å²) < 4.78 is 5.63. The Morgan fingerprint density at radius 2 is 2.26 bits per heavy atom. The Morgan fingerprint density at radius 3 is 3.00 bits per heavy atom. The van der Waals surface area contributed by atoms with Crippen LogP contribution >= 0.6 is 0 Å². The van der Waals surface area contributed by atoms with Crippen LogP contribution in [0.15, 0.2) is 12.3 Å². The Balaban J connectivity index is 1.71. The number of pyridine rings is 1. The topological polar surface area (TPSA) is 74.8 Å². The highest BCUT2D eigenvalue weighted by atomic mass is 16.5. The van der Waals surface area contributed by atoms with Gasteiger partial charge in [0.15, 0.2) is 11.6 Å². The van der Waals surface area contributed by atoms with Crippen LogP contribution in [0.25, 0.3) is 0 Å². The molecule has 3 rings (SSSR count). The maximum absolute atomic E-state index is 12.6. The summed E-state index contributed by atoms with van der Waals surface area (Å²) in [6, 6.07) is 2.03. The van der Waals surface area contributed by atoms with Crippen LogP contribution in [0.3, 0.4) is 0 Å². The van der Waals surface area contributed by atoms with Crippen molar-refractivity contribution in [1.82, 2.24) is 14.8 Å². The van der Waals surface area contributed by atoms with E-state index < -0.39 is 0 Å². The molecule has 0 aliphatic carbocycles. The molecule has 0 saturated carbocycles. The molecule has 0 aromatic carbocycles. The summed E-state index contributed by atoms with van der Waals surface area (Å²) in [6.45, 7) is 5.32. The number of carbonyl (C=O) groups excluding carboxylic acids is 2. The van der Waals surface area contributed by atoms with E-state index in [1.54, 1.807) is 36.0 Å². The first-order valence-corrected chi connectivity index (χ1v) is 7.87. The molecule has 1 saturated heterocycles. The van der Waals surface area contributed by atoms with E-state index in [2.05, 4.69) is 10.3 Å². The average Bonchev–Trinajstić information content (AvgIpc) is 3.02. The van der Waals surface area contributed by atoms with Gasteiger partial charge >= 0.3 is 0 Å². The highest BCUT2D eigenvalue weighted by Crippen LogP contribution is 2.28. The third kappa shape index (κ3) is 3.09. The fourth-order valence-corrected chi connectivity index (χ4v) is 2.95. The minimum Gasteiger partial charge on any atom is -0.488 e. The van der Waals surface area contributed by atoms with Crippen molar-refractivity contribution >= 4 is 17.6 Å². The third-order valence-electron chi connectivity index (χ3n) is 4.47. The molecule has 3 heterocycles. The molecule has 0 spiro atoms. The van der Waals surface area contributed by atoms with Crippen LogP contribution in [0.4, 0.5) is 5.82 Å². The Hall–Kier alpha value is -2.31. The molecule has 2 atom stereocenters. The Kier molecular flexibility index (Phi) is 4.11. The Labute approximate surface area is 135 Å². The van der Waals surface area contributed by atoms with Gasteiger partial charge in [0.05, 0.1) is 17.6 Å². The zero-order valence-corrected chi connectivity index (χ0v) is 13.7. The monoisotopic (exact) mass is 318 g/mol. The normalized spacial score (nSPS) is 22.8. The molecular formula is C16H22N4O3. The van der Waals surface area contributed by atoms with Crippen LogP contribution in [-0.4, -0.2) is 65.4 Å². The van der Waals surface area contributed by atoms with Crippen LogP contribution in [0.5, 0.6) is 5.75 Å².